The minimum atomic E-state index is 0.940. The number of imidazole rings is 1. The second-order valence-corrected chi connectivity index (χ2v) is 2.83. The van der Waals surface area contributed by atoms with Gasteiger partial charge in [0, 0.05) is 12.7 Å². The number of nitrogens with zero attached hydrogens (tertiary/aromatic N) is 3. The largest absolute Gasteiger partial charge is 0.331 e. The van der Waals surface area contributed by atoms with Gasteiger partial charge in [-0.2, -0.15) is 0 Å². The van der Waals surface area contributed by atoms with E-state index in [0.717, 1.165) is 18.1 Å². The molecule has 62 valence electrons. The average Bonchev–Trinajstić information content (AvgIpc) is 2.54. The molecule has 2 rings (SSSR count). The molecule has 2 heterocycles. The highest BCUT2D eigenvalue weighted by Gasteiger charge is 2.10. The van der Waals surface area contributed by atoms with E-state index in [4.69, 9.17) is 0 Å². The summed E-state index contributed by atoms with van der Waals surface area (Å²) in [5, 5.41) is 0. The maximum absolute atomic E-state index is 4.20. The summed E-state index contributed by atoms with van der Waals surface area (Å²) in [5.74, 6) is 0.984. The Kier molecular flexibility index (Phi) is 1.57. The zero-order valence-electron chi connectivity index (χ0n) is 7.28. The highest BCUT2D eigenvalue weighted by Crippen LogP contribution is 2.20. The van der Waals surface area contributed by atoms with Crippen LogP contribution in [-0.4, -0.2) is 14.5 Å². The first-order chi connectivity index (χ1) is 5.83. The third-order valence-electron chi connectivity index (χ3n) is 2.07. The Labute approximate surface area is 71.4 Å². The van der Waals surface area contributed by atoms with Gasteiger partial charge in [-0.05, 0) is 25.5 Å². The number of hydrogen-bond donors (Lipinski definition) is 0. The molecular weight excluding hydrogens is 150 g/mol. The highest BCUT2D eigenvalue weighted by atomic mass is 15.1. The molecule has 0 N–H and O–H groups in total. The Bertz CT molecular complexity index is 364. The molecule has 0 saturated heterocycles. The van der Waals surface area contributed by atoms with Crippen LogP contribution in [0.3, 0.4) is 0 Å². The Balaban J connectivity index is 2.71. The van der Waals surface area contributed by atoms with Crippen LogP contribution in [0, 0.1) is 6.92 Å². The average molecular weight is 161 g/mol. The molecule has 12 heavy (non-hydrogen) atoms. The summed E-state index contributed by atoms with van der Waals surface area (Å²) < 4.78 is 2.09. The lowest BCUT2D eigenvalue weighted by atomic mass is 10.2. The fraction of sp³-hybridized carbons (Fsp3) is 0.333. The van der Waals surface area contributed by atoms with E-state index < -0.39 is 0 Å². The van der Waals surface area contributed by atoms with E-state index in [1.54, 1.807) is 6.33 Å². The summed E-state index contributed by atoms with van der Waals surface area (Å²) in [6.45, 7) is 5.09. The molecular formula is C9H11N3. The van der Waals surface area contributed by atoms with E-state index in [9.17, 15) is 0 Å². The fourth-order valence-electron chi connectivity index (χ4n) is 1.36. The van der Waals surface area contributed by atoms with Gasteiger partial charge in [-0.25, -0.2) is 9.97 Å². The third kappa shape index (κ3) is 0.897. The van der Waals surface area contributed by atoms with E-state index in [1.807, 2.05) is 6.20 Å². The predicted octanol–water partition coefficient (Wildman–Crippen LogP) is 1.71. The molecule has 0 aliphatic carbocycles. The van der Waals surface area contributed by atoms with Crippen molar-refractivity contribution >= 4 is 0 Å². The maximum atomic E-state index is 4.20. The van der Waals surface area contributed by atoms with Gasteiger partial charge in [0.15, 0.2) is 5.82 Å². The Morgan fingerprint density at radius 1 is 1.42 bits per heavy atom. The van der Waals surface area contributed by atoms with Crippen molar-refractivity contribution in [1.29, 1.82) is 0 Å². The molecule has 2 aliphatic rings. The number of pyridine rings is 1. The number of rotatable bonds is 1. The smallest absolute Gasteiger partial charge is 0.160 e. The van der Waals surface area contributed by atoms with Gasteiger partial charge in [0.1, 0.15) is 12.0 Å². The molecule has 3 heteroatoms. The van der Waals surface area contributed by atoms with E-state index in [-0.39, 0.29) is 0 Å². The maximum Gasteiger partial charge on any atom is 0.160 e. The van der Waals surface area contributed by atoms with Crippen LogP contribution in [0.4, 0.5) is 0 Å². The molecule has 0 spiro atoms. The van der Waals surface area contributed by atoms with Gasteiger partial charge in [-0.15, -0.1) is 0 Å². The number of fused-ring (bicyclic) bond motifs is 1. The summed E-state index contributed by atoms with van der Waals surface area (Å²) >= 11 is 0. The van der Waals surface area contributed by atoms with E-state index >= 15 is 0 Å². The van der Waals surface area contributed by atoms with Crippen molar-refractivity contribution in [3.8, 4) is 11.5 Å². The van der Waals surface area contributed by atoms with Crippen LogP contribution in [0.15, 0.2) is 18.6 Å². The molecule has 0 bridgehead atoms. The van der Waals surface area contributed by atoms with Crippen LogP contribution in [0.2, 0.25) is 0 Å². The number of hydrogen-bond acceptors (Lipinski definition) is 2. The standard InChI is InChI=1S/C9H11N3/c1-3-12-5-4-7(2)8-9(12)11-6-10-8/h4-6H,3H2,1-2H3. The van der Waals surface area contributed by atoms with E-state index in [1.165, 1.54) is 5.56 Å². The Morgan fingerprint density at radius 2 is 2.25 bits per heavy atom. The molecule has 0 atom stereocenters. The quantitative estimate of drug-likeness (QED) is 0.637. The molecule has 0 unspecified atom stereocenters. The predicted molar refractivity (Wildman–Crippen MR) is 47.1 cm³/mol. The second kappa shape index (κ2) is 2.59. The van der Waals surface area contributed by atoms with Gasteiger partial charge in [-0.1, -0.05) is 0 Å². The normalized spacial score (nSPS) is 10.8. The first-order valence-corrected chi connectivity index (χ1v) is 4.09. The second-order valence-electron chi connectivity index (χ2n) is 2.83. The summed E-state index contributed by atoms with van der Waals surface area (Å²) in [6, 6.07) is 2.07. The van der Waals surface area contributed by atoms with Crippen molar-refractivity contribution in [2.45, 2.75) is 20.4 Å². The molecule has 0 aromatic carbocycles. The summed E-state index contributed by atoms with van der Waals surface area (Å²) in [7, 11) is 0. The summed E-state index contributed by atoms with van der Waals surface area (Å²) in [5.41, 5.74) is 2.20. The molecule has 0 radical (unpaired) electrons. The van der Waals surface area contributed by atoms with Crippen molar-refractivity contribution in [2.75, 3.05) is 0 Å². The fourth-order valence-corrected chi connectivity index (χ4v) is 1.36. The Hall–Kier alpha value is -1.38. The SMILES string of the molecule is CCn1ccc(C)c2ncnc1-2. The number of aromatic nitrogens is 3. The van der Waals surface area contributed by atoms with Crippen molar-refractivity contribution in [3.05, 3.63) is 24.2 Å². The first kappa shape index (κ1) is 7.28. The van der Waals surface area contributed by atoms with Crippen molar-refractivity contribution in [3.63, 3.8) is 0 Å². The van der Waals surface area contributed by atoms with Crippen LogP contribution in [0.5, 0.6) is 0 Å². The highest BCUT2D eigenvalue weighted by molar-refractivity contribution is 5.55. The van der Waals surface area contributed by atoms with Crippen LogP contribution in [-0.2, 0) is 6.54 Å². The van der Waals surface area contributed by atoms with E-state index in [0.29, 0.717) is 0 Å². The molecule has 3 nitrogen and oxygen atoms in total. The molecule has 0 saturated carbocycles. The first-order valence-electron chi connectivity index (χ1n) is 4.09. The minimum absolute atomic E-state index is 0.940. The lowest BCUT2D eigenvalue weighted by Gasteiger charge is -2.08. The van der Waals surface area contributed by atoms with Gasteiger partial charge in [0.05, 0.1) is 0 Å². The lowest BCUT2D eigenvalue weighted by molar-refractivity contribution is 0.749. The minimum Gasteiger partial charge on any atom is -0.331 e. The zero-order chi connectivity index (χ0) is 8.55. The van der Waals surface area contributed by atoms with Crippen LogP contribution in [0.25, 0.3) is 11.5 Å². The van der Waals surface area contributed by atoms with Crippen LogP contribution in [0.1, 0.15) is 12.5 Å². The topological polar surface area (TPSA) is 30.7 Å². The summed E-state index contributed by atoms with van der Waals surface area (Å²) in [6.07, 6.45) is 3.66. The van der Waals surface area contributed by atoms with Crippen molar-refractivity contribution < 1.29 is 0 Å². The molecule has 0 aromatic heterocycles. The van der Waals surface area contributed by atoms with Crippen molar-refractivity contribution in [2.24, 2.45) is 0 Å². The molecule has 0 fully saturated rings. The van der Waals surface area contributed by atoms with Gasteiger partial charge in [-0.3, -0.25) is 0 Å². The molecule has 0 amide bonds. The van der Waals surface area contributed by atoms with Crippen LogP contribution < -0.4 is 0 Å². The number of aryl methyl sites for hydroxylation is 2. The van der Waals surface area contributed by atoms with Gasteiger partial charge in [0.25, 0.3) is 0 Å². The summed E-state index contributed by atoms with van der Waals surface area (Å²) in [4.78, 5) is 8.40. The van der Waals surface area contributed by atoms with Gasteiger partial charge < -0.3 is 4.57 Å². The van der Waals surface area contributed by atoms with E-state index in [2.05, 4.69) is 34.4 Å². The van der Waals surface area contributed by atoms with Crippen LogP contribution >= 0.6 is 0 Å². The monoisotopic (exact) mass is 161 g/mol. The Morgan fingerprint density at radius 3 is 3.00 bits per heavy atom. The third-order valence-corrected chi connectivity index (χ3v) is 2.07. The lowest BCUT2D eigenvalue weighted by Crippen LogP contribution is -2.02. The zero-order valence-corrected chi connectivity index (χ0v) is 7.28. The molecule has 2 aliphatic heterocycles. The molecule has 0 aromatic rings. The van der Waals surface area contributed by atoms with Gasteiger partial charge in [0.2, 0.25) is 0 Å². The van der Waals surface area contributed by atoms with Crippen molar-refractivity contribution in [1.82, 2.24) is 14.5 Å². The van der Waals surface area contributed by atoms with Gasteiger partial charge >= 0.3 is 0 Å².